The highest BCUT2D eigenvalue weighted by Gasteiger charge is 2.36. The molecule has 1 aliphatic heterocycles. The van der Waals surface area contributed by atoms with Crippen LogP contribution in [0.1, 0.15) is 35.7 Å². The van der Waals surface area contributed by atoms with Crippen LogP contribution in [0.2, 0.25) is 0 Å². The quantitative estimate of drug-likeness (QED) is 0.747. The first-order chi connectivity index (χ1) is 7.12. The van der Waals surface area contributed by atoms with E-state index in [0.717, 1.165) is 30.5 Å². The van der Waals surface area contributed by atoms with Gasteiger partial charge in [-0.1, -0.05) is 23.8 Å². The molecule has 0 spiro atoms. The van der Waals surface area contributed by atoms with Gasteiger partial charge in [-0.2, -0.15) is 0 Å². The van der Waals surface area contributed by atoms with E-state index in [1.807, 2.05) is 38.1 Å². The van der Waals surface area contributed by atoms with Crippen molar-refractivity contribution in [1.82, 2.24) is 5.32 Å². The molecule has 2 rings (SSSR count). The van der Waals surface area contributed by atoms with E-state index >= 15 is 0 Å². The first-order valence-electron chi connectivity index (χ1n) is 5.48. The fraction of sp³-hybridized carbons (Fsp3) is 0.462. The first kappa shape index (κ1) is 10.4. The van der Waals surface area contributed by atoms with Gasteiger partial charge in [0.25, 0.3) is 0 Å². The lowest BCUT2D eigenvalue weighted by molar-refractivity contribution is 0.0884. The fourth-order valence-corrected chi connectivity index (χ4v) is 2.19. The Hall–Kier alpha value is -1.15. The lowest BCUT2D eigenvalue weighted by Crippen LogP contribution is -2.44. The fourth-order valence-electron chi connectivity index (χ4n) is 2.19. The maximum Gasteiger partial charge on any atom is 0.182 e. The molecule has 0 amide bonds. The van der Waals surface area contributed by atoms with Gasteiger partial charge in [-0.25, -0.2) is 0 Å². The lowest BCUT2D eigenvalue weighted by Gasteiger charge is -2.22. The molecular weight excluding hydrogens is 186 g/mol. The summed E-state index contributed by atoms with van der Waals surface area (Å²) in [6.45, 7) is 4.97. The van der Waals surface area contributed by atoms with E-state index < -0.39 is 0 Å². The van der Waals surface area contributed by atoms with Gasteiger partial charge in [-0.05, 0) is 39.3 Å². The van der Waals surface area contributed by atoms with Crippen LogP contribution >= 0.6 is 0 Å². The van der Waals surface area contributed by atoms with Crippen LogP contribution < -0.4 is 5.32 Å². The molecule has 80 valence electrons. The highest BCUT2D eigenvalue weighted by molar-refractivity contribution is 6.03. The zero-order chi connectivity index (χ0) is 10.9. The predicted octanol–water partition coefficient (Wildman–Crippen LogP) is 2.32. The summed E-state index contributed by atoms with van der Waals surface area (Å²) in [5.41, 5.74) is 1.63. The molecular formula is C13H17NO. The van der Waals surface area contributed by atoms with Crippen molar-refractivity contribution >= 4 is 5.78 Å². The Bertz CT molecular complexity index is 378. The van der Waals surface area contributed by atoms with Crippen molar-refractivity contribution < 1.29 is 4.79 Å². The lowest BCUT2D eigenvalue weighted by atomic mass is 9.89. The van der Waals surface area contributed by atoms with Crippen molar-refractivity contribution in [3.63, 3.8) is 0 Å². The number of benzene rings is 1. The Balaban J connectivity index is 2.27. The van der Waals surface area contributed by atoms with Crippen LogP contribution in [0, 0.1) is 6.92 Å². The number of carbonyl (C=O) groups excluding carboxylic acids is 1. The predicted molar refractivity (Wildman–Crippen MR) is 61.2 cm³/mol. The molecule has 0 aliphatic carbocycles. The van der Waals surface area contributed by atoms with Gasteiger partial charge in [-0.3, -0.25) is 4.79 Å². The number of carbonyl (C=O) groups is 1. The molecule has 1 aromatic carbocycles. The van der Waals surface area contributed by atoms with Gasteiger partial charge in [0.15, 0.2) is 5.78 Å². The van der Waals surface area contributed by atoms with Crippen molar-refractivity contribution in [2.75, 3.05) is 6.54 Å². The summed E-state index contributed by atoms with van der Waals surface area (Å²) in [6.07, 6.45) is 2.04. The van der Waals surface area contributed by atoms with E-state index in [4.69, 9.17) is 0 Å². The van der Waals surface area contributed by atoms with E-state index in [2.05, 4.69) is 5.32 Å². The average molecular weight is 203 g/mol. The van der Waals surface area contributed by atoms with Gasteiger partial charge in [0.05, 0.1) is 5.54 Å². The van der Waals surface area contributed by atoms with E-state index in [9.17, 15) is 4.79 Å². The molecule has 1 unspecified atom stereocenters. The Kier molecular flexibility index (Phi) is 2.61. The molecule has 1 aromatic rings. The summed E-state index contributed by atoms with van der Waals surface area (Å²) in [5, 5.41) is 3.30. The summed E-state index contributed by atoms with van der Waals surface area (Å²) in [7, 11) is 0. The Morgan fingerprint density at radius 2 is 2.27 bits per heavy atom. The van der Waals surface area contributed by atoms with Crippen LogP contribution in [-0.2, 0) is 0 Å². The number of hydrogen-bond donors (Lipinski definition) is 1. The molecule has 0 saturated carbocycles. The number of hydrogen-bond acceptors (Lipinski definition) is 2. The normalized spacial score (nSPS) is 25.5. The molecule has 1 atom stereocenters. The van der Waals surface area contributed by atoms with Crippen molar-refractivity contribution in [2.45, 2.75) is 32.2 Å². The zero-order valence-corrected chi connectivity index (χ0v) is 9.34. The molecule has 1 N–H and O–H groups in total. The minimum Gasteiger partial charge on any atom is -0.305 e. The number of rotatable bonds is 2. The molecule has 1 aliphatic rings. The van der Waals surface area contributed by atoms with Gasteiger partial charge in [-0.15, -0.1) is 0 Å². The third kappa shape index (κ3) is 1.95. The van der Waals surface area contributed by atoms with E-state index in [-0.39, 0.29) is 11.3 Å². The maximum atomic E-state index is 12.3. The molecule has 0 radical (unpaired) electrons. The van der Waals surface area contributed by atoms with Crippen LogP contribution in [0.4, 0.5) is 0 Å². The Morgan fingerprint density at radius 3 is 2.87 bits per heavy atom. The SMILES string of the molecule is Cc1cccc(C(=O)C2(C)CCCN2)c1. The molecule has 2 heteroatoms. The van der Waals surface area contributed by atoms with Crippen molar-refractivity contribution in [3.8, 4) is 0 Å². The van der Waals surface area contributed by atoms with Crippen molar-refractivity contribution in [3.05, 3.63) is 35.4 Å². The molecule has 1 heterocycles. The molecule has 0 bridgehead atoms. The molecule has 0 aromatic heterocycles. The van der Waals surface area contributed by atoms with Gasteiger partial charge in [0.2, 0.25) is 0 Å². The molecule has 15 heavy (non-hydrogen) atoms. The van der Waals surface area contributed by atoms with Crippen LogP contribution in [-0.4, -0.2) is 17.9 Å². The van der Waals surface area contributed by atoms with E-state index in [1.165, 1.54) is 0 Å². The molecule has 2 nitrogen and oxygen atoms in total. The van der Waals surface area contributed by atoms with Crippen LogP contribution in [0.15, 0.2) is 24.3 Å². The summed E-state index contributed by atoms with van der Waals surface area (Å²) in [5.74, 6) is 0.226. The minimum atomic E-state index is -0.339. The first-order valence-corrected chi connectivity index (χ1v) is 5.48. The molecule has 1 saturated heterocycles. The number of nitrogens with one attached hydrogen (secondary N) is 1. The second-order valence-electron chi connectivity index (χ2n) is 4.56. The second-order valence-corrected chi connectivity index (χ2v) is 4.56. The number of aryl methyl sites for hydroxylation is 1. The zero-order valence-electron chi connectivity index (χ0n) is 9.34. The second kappa shape index (κ2) is 3.78. The average Bonchev–Trinajstić information content (AvgIpc) is 2.65. The summed E-state index contributed by atoms with van der Waals surface area (Å²) < 4.78 is 0. The van der Waals surface area contributed by atoms with Crippen LogP contribution in [0.5, 0.6) is 0 Å². The van der Waals surface area contributed by atoms with Crippen LogP contribution in [0.3, 0.4) is 0 Å². The standard InChI is InChI=1S/C13H17NO/c1-10-5-3-6-11(9-10)12(15)13(2)7-4-8-14-13/h3,5-6,9,14H,4,7-8H2,1-2H3. The van der Waals surface area contributed by atoms with Crippen molar-refractivity contribution in [2.24, 2.45) is 0 Å². The highest BCUT2D eigenvalue weighted by Crippen LogP contribution is 2.23. The van der Waals surface area contributed by atoms with Crippen molar-refractivity contribution in [1.29, 1.82) is 0 Å². The monoisotopic (exact) mass is 203 g/mol. The summed E-state index contributed by atoms with van der Waals surface area (Å²) in [6, 6.07) is 7.83. The maximum absolute atomic E-state index is 12.3. The highest BCUT2D eigenvalue weighted by atomic mass is 16.1. The minimum absolute atomic E-state index is 0.226. The van der Waals surface area contributed by atoms with Gasteiger partial charge >= 0.3 is 0 Å². The number of Topliss-reactive ketones (excluding diaryl/α,β-unsaturated/α-hetero) is 1. The van der Waals surface area contributed by atoms with Crippen LogP contribution in [0.25, 0.3) is 0 Å². The molecule has 1 fully saturated rings. The van der Waals surface area contributed by atoms with Gasteiger partial charge in [0, 0.05) is 5.56 Å². The third-order valence-corrected chi connectivity index (χ3v) is 3.15. The Labute approximate surface area is 90.7 Å². The van der Waals surface area contributed by atoms with Gasteiger partial charge < -0.3 is 5.32 Å². The van der Waals surface area contributed by atoms with Gasteiger partial charge in [0.1, 0.15) is 0 Å². The smallest absolute Gasteiger partial charge is 0.182 e. The van der Waals surface area contributed by atoms with E-state index in [0.29, 0.717) is 0 Å². The number of ketones is 1. The van der Waals surface area contributed by atoms with E-state index in [1.54, 1.807) is 0 Å². The third-order valence-electron chi connectivity index (χ3n) is 3.15. The topological polar surface area (TPSA) is 29.1 Å². The summed E-state index contributed by atoms with van der Waals surface area (Å²) in [4.78, 5) is 12.3. The summed E-state index contributed by atoms with van der Waals surface area (Å²) >= 11 is 0. The largest absolute Gasteiger partial charge is 0.305 e. The Morgan fingerprint density at radius 1 is 1.47 bits per heavy atom.